The molecule has 32 heavy (non-hydrogen) atoms. The second-order valence-corrected chi connectivity index (χ2v) is 14.6. The first-order valence-electron chi connectivity index (χ1n) is 10.9. The maximum Gasteiger partial charge on any atom is 0.256 e. The molecule has 0 spiro atoms. The van der Waals surface area contributed by atoms with E-state index in [0.29, 0.717) is 12.3 Å². The number of anilines is 1. The van der Waals surface area contributed by atoms with E-state index >= 15 is 0 Å². The van der Waals surface area contributed by atoms with Crippen LogP contribution in [0.25, 0.3) is 6.08 Å². The Morgan fingerprint density at radius 1 is 0.969 bits per heavy atom. The highest BCUT2D eigenvalue weighted by Crippen LogP contribution is 2.41. The lowest BCUT2D eigenvalue weighted by Gasteiger charge is -2.37. The molecule has 172 valence electrons. The number of aryl methyl sites for hydroxylation is 1. The van der Waals surface area contributed by atoms with Crippen LogP contribution in [0.2, 0.25) is 18.1 Å². The Labute approximate surface area is 193 Å². The SMILES string of the molecule is COc1ccc(/C=C2/CN(c3cc(C)c(C)c(OC)c3)C2=O)cc1O[Si](C)(C)C(C)(C)C. The van der Waals surface area contributed by atoms with Crippen molar-refractivity contribution in [2.75, 3.05) is 25.7 Å². The van der Waals surface area contributed by atoms with Crippen LogP contribution < -0.4 is 18.8 Å². The third-order valence-corrected chi connectivity index (χ3v) is 11.0. The highest BCUT2D eigenvalue weighted by Gasteiger charge is 2.39. The lowest BCUT2D eigenvalue weighted by Crippen LogP contribution is -2.46. The second-order valence-electron chi connectivity index (χ2n) is 9.92. The van der Waals surface area contributed by atoms with E-state index in [1.54, 1.807) is 19.1 Å². The molecule has 1 aliphatic rings. The third-order valence-electron chi connectivity index (χ3n) is 6.68. The van der Waals surface area contributed by atoms with Crippen LogP contribution in [0.4, 0.5) is 5.69 Å². The van der Waals surface area contributed by atoms with Crippen molar-refractivity contribution < 1.29 is 18.7 Å². The quantitative estimate of drug-likeness (QED) is 0.300. The van der Waals surface area contributed by atoms with Gasteiger partial charge in [0.05, 0.1) is 20.8 Å². The largest absolute Gasteiger partial charge is 0.541 e. The van der Waals surface area contributed by atoms with Gasteiger partial charge in [0.15, 0.2) is 5.75 Å². The van der Waals surface area contributed by atoms with E-state index in [4.69, 9.17) is 13.9 Å². The fourth-order valence-corrected chi connectivity index (χ4v) is 4.39. The van der Waals surface area contributed by atoms with Crippen LogP contribution in [0.5, 0.6) is 17.2 Å². The molecular weight excluding hydrogens is 418 g/mol. The smallest absolute Gasteiger partial charge is 0.256 e. The molecule has 2 aromatic carbocycles. The summed E-state index contributed by atoms with van der Waals surface area (Å²) in [6, 6.07) is 9.80. The summed E-state index contributed by atoms with van der Waals surface area (Å²) in [4.78, 5) is 14.7. The molecule has 1 aliphatic heterocycles. The van der Waals surface area contributed by atoms with Crippen molar-refractivity contribution in [1.29, 1.82) is 0 Å². The zero-order chi connectivity index (χ0) is 23.8. The van der Waals surface area contributed by atoms with Gasteiger partial charge in [0.1, 0.15) is 11.5 Å². The summed E-state index contributed by atoms with van der Waals surface area (Å²) < 4.78 is 17.5. The number of ether oxygens (including phenoxy) is 2. The zero-order valence-electron chi connectivity index (χ0n) is 20.8. The molecule has 0 N–H and O–H groups in total. The normalized spacial score (nSPS) is 15.6. The summed E-state index contributed by atoms with van der Waals surface area (Å²) in [5.74, 6) is 2.25. The van der Waals surface area contributed by atoms with Crippen molar-refractivity contribution in [2.45, 2.75) is 52.8 Å². The molecule has 0 unspecified atom stereocenters. The minimum absolute atomic E-state index is 0.0120. The second kappa shape index (κ2) is 8.66. The summed E-state index contributed by atoms with van der Waals surface area (Å²) in [5.41, 5.74) is 4.76. The first-order valence-corrected chi connectivity index (χ1v) is 13.8. The molecule has 1 saturated heterocycles. The monoisotopic (exact) mass is 453 g/mol. The van der Waals surface area contributed by atoms with Crippen molar-refractivity contribution >= 4 is 26.0 Å². The molecule has 0 saturated carbocycles. The Morgan fingerprint density at radius 2 is 1.62 bits per heavy atom. The Bertz CT molecular complexity index is 1070. The Hall–Kier alpha value is -2.73. The highest BCUT2D eigenvalue weighted by atomic mass is 28.4. The minimum atomic E-state index is -2.03. The first-order chi connectivity index (χ1) is 14.9. The van der Waals surface area contributed by atoms with Crippen molar-refractivity contribution in [2.24, 2.45) is 0 Å². The van der Waals surface area contributed by atoms with E-state index in [-0.39, 0.29) is 10.9 Å². The van der Waals surface area contributed by atoms with E-state index in [1.807, 2.05) is 50.3 Å². The van der Waals surface area contributed by atoms with Crippen LogP contribution in [-0.2, 0) is 4.79 Å². The lowest BCUT2D eigenvalue weighted by atomic mass is 10.00. The van der Waals surface area contributed by atoms with E-state index in [2.05, 4.69) is 33.9 Å². The predicted molar refractivity (Wildman–Crippen MR) is 134 cm³/mol. The average Bonchev–Trinajstić information content (AvgIpc) is 2.71. The van der Waals surface area contributed by atoms with Crippen molar-refractivity contribution in [3.8, 4) is 17.2 Å². The van der Waals surface area contributed by atoms with Crippen LogP contribution >= 0.6 is 0 Å². The molecule has 0 aromatic heterocycles. The topological polar surface area (TPSA) is 48.0 Å². The molecule has 2 aromatic rings. The fraction of sp³-hybridized carbons (Fsp3) is 0.423. The van der Waals surface area contributed by atoms with Crippen molar-refractivity contribution in [3.63, 3.8) is 0 Å². The highest BCUT2D eigenvalue weighted by molar-refractivity contribution is 6.74. The maximum atomic E-state index is 12.9. The molecule has 0 radical (unpaired) electrons. The van der Waals surface area contributed by atoms with E-state index in [9.17, 15) is 4.79 Å². The first kappa shape index (κ1) is 23.9. The number of nitrogens with zero attached hydrogens (tertiary/aromatic N) is 1. The number of hydrogen-bond donors (Lipinski definition) is 0. The van der Waals surface area contributed by atoms with Crippen molar-refractivity contribution in [3.05, 3.63) is 52.6 Å². The van der Waals surface area contributed by atoms with Gasteiger partial charge in [-0.2, -0.15) is 0 Å². The third kappa shape index (κ3) is 4.55. The van der Waals surface area contributed by atoms with Crippen LogP contribution in [0, 0.1) is 13.8 Å². The van der Waals surface area contributed by atoms with Crippen LogP contribution in [-0.4, -0.2) is 35.0 Å². The summed E-state index contributed by atoms with van der Waals surface area (Å²) in [5, 5.41) is 0.0736. The molecule has 0 bridgehead atoms. The number of benzene rings is 2. The Morgan fingerprint density at radius 3 is 2.19 bits per heavy atom. The van der Waals surface area contributed by atoms with E-state index in [1.165, 1.54) is 0 Å². The fourth-order valence-electron chi connectivity index (χ4n) is 3.38. The summed E-state index contributed by atoms with van der Waals surface area (Å²) in [7, 11) is 1.28. The van der Waals surface area contributed by atoms with Crippen LogP contribution in [0.1, 0.15) is 37.5 Å². The Balaban J connectivity index is 1.85. The maximum absolute atomic E-state index is 12.9. The number of carbonyl (C=O) groups excluding carboxylic acids is 1. The van der Waals surface area contributed by atoms with Gasteiger partial charge in [-0.15, -0.1) is 0 Å². The van der Waals surface area contributed by atoms with E-state index in [0.717, 1.165) is 39.4 Å². The van der Waals surface area contributed by atoms with Gasteiger partial charge in [0.2, 0.25) is 0 Å². The molecule has 5 nitrogen and oxygen atoms in total. The summed E-state index contributed by atoms with van der Waals surface area (Å²) in [6.07, 6.45) is 1.94. The molecule has 3 rings (SSSR count). The lowest BCUT2D eigenvalue weighted by molar-refractivity contribution is -0.117. The molecule has 6 heteroatoms. The number of methoxy groups -OCH3 is 2. The number of hydrogen-bond acceptors (Lipinski definition) is 4. The van der Waals surface area contributed by atoms with E-state index < -0.39 is 8.32 Å². The summed E-state index contributed by atoms with van der Waals surface area (Å²) in [6.45, 7) is 15.7. The number of β-lactam (4-membered cyclic amide) rings is 1. The van der Waals surface area contributed by atoms with Gasteiger partial charge in [-0.05, 0) is 72.9 Å². The number of amides is 1. The minimum Gasteiger partial charge on any atom is -0.541 e. The van der Waals surface area contributed by atoms with Gasteiger partial charge >= 0.3 is 0 Å². The van der Waals surface area contributed by atoms with Gasteiger partial charge < -0.3 is 18.8 Å². The summed E-state index contributed by atoms with van der Waals surface area (Å²) >= 11 is 0. The van der Waals surface area contributed by atoms with Gasteiger partial charge in [-0.3, -0.25) is 4.79 Å². The molecule has 1 heterocycles. The van der Waals surface area contributed by atoms with Gasteiger partial charge in [0, 0.05) is 17.3 Å². The van der Waals surface area contributed by atoms with Crippen LogP contribution in [0.15, 0.2) is 35.9 Å². The molecule has 0 aliphatic carbocycles. The van der Waals surface area contributed by atoms with Gasteiger partial charge in [0.25, 0.3) is 14.2 Å². The Kier molecular flexibility index (Phi) is 6.47. The molecule has 0 atom stereocenters. The van der Waals surface area contributed by atoms with Gasteiger partial charge in [-0.25, -0.2) is 0 Å². The van der Waals surface area contributed by atoms with Crippen molar-refractivity contribution in [1.82, 2.24) is 0 Å². The standard InChI is InChI=1S/C26H35NO4Si/c1-17-12-21(15-23(30-7)18(17)2)27-16-20(25(27)28)13-19-10-11-22(29-6)24(14-19)31-32(8,9)26(3,4)5/h10-15H,16H2,1-9H3/b20-13-. The zero-order valence-corrected chi connectivity index (χ0v) is 21.8. The molecular formula is C26H35NO4Si. The number of rotatable bonds is 6. The molecule has 1 amide bonds. The van der Waals surface area contributed by atoms with Crippen LogP contribution in [0.3, 0.4) is 0 Å². The average molecular weight is 454 g/mol. The van der Waals surface area contributed by atoms with Gasteiger partial charge in [-0.1, -0.05) is 26.8 Å². The predicted octanol–water partition coefficient (Wildman–Crippen LogP) is 6.13. The molecule has 1 fully saturated rings. The number of carbonyl (C=O) groups is 1.